The third-order valence-electron chi connectivity index (χ3n) is 1.81. The number of rotatable bonds is 0. The van der Waals surface area contributed by atoms with Crippen molar-refractivity contribution in [2.75, 3.05) is 0 Å². The fourth-order valence-electron chi connectivity index (χ4n) is 1.27. The van der Waals surface area contributed by atoms with Gasteiger partial charge in [0.25, 0.3) is 0 Å². The van der Waals surface area contributed by atoms with Crippen LogP contribution < -0.4 is 9.79 Å². The van der Waals surface area contributed by atoms with E-state index in [9.17, 15) is 5.11 Å². The van der Waals surface area contributed by atoms with Crippen LogP contribution in [0.2, 0.25) is 5.02 Å². The summed E-state index contributed by atoms with van der Waals surface area (Å²) in [5.41, 5.74) is 0.627. The Bertz CT molecular complexity index is 470. The Hall–Kier alpha value is -1.35. The molecule has 0 amide bonds. The van der Waals surface area contributed by atoms with Crippen LogP contribution in [0.4, 0.5) is 0 Å². The Balaban J connectivity index is 2.94. The van der Waals surface area contributed by atoms with Gasteiger partial charge in [0, 0.05) is 10.4 Å². The average molecular weight is 195 g/mol. The molecule has 2 rings (SSSR count). The summed E-state index contributed by atoms with van der Waals surface area (Å²) in [6.07, 6.45) is 1.41. The topological polar surface area (TPSA) is 39.8 Å². The molecular weight excluding hydrogens is 188 g/mol. The highest BCUT2D eigenvalue weighted by molar-refractivity contribution is 6.35. The van der Waals surface area contributed by atoms with Crippen LogP contribution in [0, 0.1) is 0 Å². The first-order valence-corrected chi connectivity index (χ1v) is 4.18. The molecular formula is C9H7ClN2O. The van der Waals surface area contributed by atoms with Gasteiger partial charge in [-0.3, -0.25) is 0 Å². The summed E-state index contributed by atoms with van der Waals surface area (Å²) in [7, 11) is 1.71. The van der Waals surface area contributed by atoms with Crippen LogP contribution in [0.15, 0.2) is 24.4 Å². The Labute approximate surface area is 80.2 Å². The lowest BCUT2D eigenvalue weighted by molar-refractivity contribution is -0.730. The lowest BCUT2D eigenvalue weighted by Gasteiger charge is -2.06. The molecule has 4 heteroatoms. The third-order valence-corrected chi connectivity index (χ3v) is 2.12. The van der Waals surface area contributed by atoms with Gasteiger partial charge in [0.15, 0.2) is 13.2 Å². The molecule has 0 aliphatic carbocycles. The molecule has 2 aromatic rings. The van der Waals surface area contributed by atoms with E-state index in [1.165, 1.54) is 10.9 Å². The molecule has 0 fully saturated rings. The maximum Gasteiger partial charge on any atom is 0.188 e. The number of aromatic nitrogens is 2. The van der Waals surface area contributed by atoms with Crippen molar-refractivity contribution in [1.82, 2.24) is 5.10 Å². The minimum absolute atomic E-state index is 0.0990. The summed E-state index contributed by atoms with van der Waals surface area (Å²) in [4.78, 5) is 0. The van der Waals surface area contributed by atoms with Crippen molar-refractivity contribution in [2.24, 2.45) is 7.05 Å². The minimum atomic E-state index is -0.0990. The van der Waals surface area contributed by atoms with Gasteiger partial charge in [-0.25, -0.2) is 0 Å². The normalized spacial score (nSPS) is 10.6. The van der Waals surface area contributed by atoms with E-state index in [1.54, 1.807) is 25.2 Å². The zero-order chi connectivity index (χ0) is 9.42. The minimum Gasteiger partial charge on any atom is -0.868 e. The van der Waals surface area contributed by atoms with E-state index in [2.05, 4.69) is 5.10 Å². The molecule has 1 aromatic carbocycles. The molecule has 0 aliphatic rings. The van der Waals surface area contributed by atoms with Crippen LogP contribution in [-0.2, 0) is 7.05 Å². The van der Waals surface area contributed by atoms with E-state index in [4.69, 9.17) is 11.6 Å². The van der Waals surface area contributed by atoms with Gasteiger partial charge in [0.2, 0.25) is 0 Å². The van der Waals surface area contributed by atoms with E-state index in [1.807, 2.05) is 0 Å². The Kier molecular flexibility index (Phi) is 1.81. The molecule has 0 saturated heterocycles. The standard InChI is InChI=1S/C9H7ClN2O/c1-12-5-8(13)9-6(10)3-2-4-7(9)11-12/h2-5H,1H3. The highest BCUT2D eigenvalue weighted by Gasteiger charge is 2.05. The van der Waals surface area contributed by atoms with Gasteiger partial charge < -0.3 is 5.11 Å². The van der Waals surface area contributed by atoms with Crippen molar-refractivity contribution in [1.29, 1.82) is 0 Å². The second-order valence-corrected chi connectivity index (χ2v) is 3.21. The summed E-state index contributed by atoms with van der Waals surface area (Å²) in [6, 6.07) is 5.23. The van der Waals surface area contributed by atoms with Crippen molar-refractivity contribution >= 4 is 22.5 Å². The van der Waals surface area contributed by atoms with Crippen molar-refractivity contribution in [3.63, 3.8) is 0 Å². The summed E-state index contributed by atoms with van der Waals surface area (Å²) in [6.45, 7) is 0. The first kappa shape index (κ1) is 8.26. The number of hydrogen-bond donors (Lipinski definition) is 0. The lowest BCUT2D eigenvalue weighted by atomic mass is 10.2. The van der Waals surface area contributed by atoms with Gasteiger partial charge in [-0.15, -0.1) is 0 Å². The summed E-state index contributed by atoms with van der Waals surface area (Å²) < 4.78 is 1.49. The highest BCUT2D eigenvalue weighted by atomic mass is 35.5. The van der Waals surface area contributed by atoms with Crippen LogP contribution in [0.1, 0.15) is 0 Å². The molecule has 0 bridgehead atoms. The molecule has 3 nitrogen and oxygen atoms in total. The first-order chi connectivity index (χ1) is 6.18. The average Bonchev–Trinajstić information content (AvgIpc) is 2.02. The van der Waals surface area contributed by atoms with Crippen LogP contribution in [0.25, 0.3) is 10.9 Å². The number of halogens is 1. The van der Waals surface area contributed by atoms with Crippen molar-refractivity contribution in [2.45, 2.75) is 0 Å². The van der Waals surface area contributed by atoms with Crippen molar-refractivity contribution in [3.8, 4) is 5.75 Å². The lowest BCUT2D eigenvalue weighted by Crippen LogP contribution is -2.32. The largest absolute Gasteiger partial charge is 0.868 e. The van der Waals surface area contributed by atoms with Gasteiger partial charge in [-0.2, -0.15) is 0 Å². The van der Waals surface area contributed by atoms with E-state index < -0.39 is 0 Å². The molecule has 13 heavy (non-hydrogen) atoms. The second-order valence-electron chi connectivity index (χ2n) is 2.80. The van der Waals surface area contributed by atoms with E-state index >= 15 is 0 Å². The molecule has 0 spiro atoms. The summed E-state index contributed by atoms with van der Waals surface area (Å²) >= 11 is 5.87. The number of aryl methyl sites for hydroxylation is 1. The monoisotopic (exact) mass is 194 g/mol. The SMILES string of the molecule is C[n+]1cc([O-])c2c(Cl)cccc2n1. The van der Waals surface area contributed by atoms with Crippen LogP contribution >= 0.6 is 11.6 Å². The molecule has 0 aliphatic heterocycles. The van der Waals surface area contributed by atoms with E-state index in [0.29, 0.717) is 15.9 Å². The van der Waals surface area contributed by atoms with E-state index in [0.717, 1.165) is 0 Å². The smallest absolute Gasteiger partial charge is 0.188 e. The van der Waals surface area contributed by atoms with Crippen molar-refractivity contribution in [3.05, 3.63) is 29.4 Å². The summed E-state index contributed by atoms with van der Waals surface area (Å²) in [5.74, 6) is -0.0990. The van der Waals surface area contributed by atoms with E-state index in [-0.39, 0.29) is 5.75 Å². The Morgan fingerprint density at radius 3 is 3.00 bits per heavy atom. The molecule has 1 heterocycles. The molecule has 0 N–H and O–H groups in total. The molecule has 0 radical (unpaired) electrons. The Morgan fingerprint density at radius 1 is 1.46 bits per heavy atom. The molecule has 0 atom stereocenters. The molecule has 0 saturated carbocycles. The maximum absolute atomic E-state index is 11.5. The summed E-state index contributed by atoms with van der Waals surface area (Å²) in [5, 5.41) is 16.5. The first-order valence-electron chi connectivity index (χ1n) is 3.80. The van der Waals surface area contributed by atoms with Crippen LogP contribution in [-0.4, -0.2) is 5.10 Å². The van der Waals surface area contributed by atoms with Gasteiger partial charge in [0.1, 0.15) is 5.52 Å². The second kappa shape index (κ2) is 2.85. The van der Waals surface area contributed by atoms with Crippen LogP contribution in [0.3, 0.4) is 0 Å². The van der Waals surface area contributed by atoms with Gasteiger partial charge >= 0.3 is 0 Å². The Morgan fingerprint density at radius 2 is 2.23 bits per heavy atom. The predicted molar refractivity (Wildman–Crippen MR) is 47.4 cm³/mol. The maximum atomic E-state index is 11.5. The molecule has 1 aromatic heterocycles. The van der Waals surface area contributed by atoms with Gasteiger partial charge in [0.05, 0.1) is 0 Å². The third kappa shape index (κ3) is 1.31. The fourth-order valence-corrected chi connectivity index (χ4v) is 1.54. The van der Waals surface area contributed by atoms with Gasteiger partial charge in [-0.05, 0) is 23.0 Å². The molecule has 0 unspecified atom stereocenters. The quantitative estimate of drug-likeness (QED) is 0.582. The van der Waals surface area contributed by atoms with Crippen LogP contribution in [0.5, 0.6) is 5.75 Å². The number of hydrogen-bond acceptors (Lipinski definition) is 2. The number of nitrogens with zero attached hydrogens (tertiary/aromatic N) is 2. The molecule has 66 valence electrons. The fraction of sp³-hybridized carbons (Fsp3) is 0.111. The number of fused-ring (bicyclic) bond motifs is 1. The van der Waals surface area contributed by atoms with Gasteiger partial charge in [-0.1, -0.05) is 22.3 Å². The predicted octanol–water partition coefficient (Wildman–Crippen LogP) is 0.786. The highest BCUT2D eigenvalue weighted by Crippen LogP contribution is 2.26. The number of benzene rings is 1. The van der Waals surface area contributed by atoms with Crippen molar-refractivity contribution < 1.29 is 9.79 Å². The zero-order valence-corrected chi connectivity index (χ0v) is 7.75. The zero-order valence-electron chi connectivity index (χ0n) is 6.99.